The minimum absolute atomic E-state index is 0.0316. The van der Waals surface area contributed by atoms with Gasteiger partial charge in [0.2, 0.25) is 5.89 Å². The Morgan fingerprint density at radius 1 is 1.37 bits per heavy atom. The number of nitrogens with zero attached hydrogens (tertiary/aromatic N) is 1. The summed E-state index contributed by atoms with van der Waals surface area (Å²) in [6.45, 7) is 6.89. The van der Waals surface area contributed by atoms with Crippen LogP contribution in [0, 0.1) is 0 Å². The van der Waals surface area contributed by atoms with Gasteiger partial charge in [-0.2, -0.15) is 0 Å². The molecule has 0 aliphatic carbocycles. The van der Waals surface area contributed by atoms with Crippen LogP contribution in [0.15, 0.2) is 33.3 Å². The Bertz CT molecular complexity index is 575. The molecule has 0 amide bonds. The van der Waals surface area contributed by atoms with Crippen molar-refractivity contribution in [2.24, 2.45) is 0 Å². The fourth-order valence-corrected chi connectivity index (χ4v) is 2.31. The van der Waals surface area contributed by atoms with Gasteiger partial charge in [0, 0.05) is 15.6 Å². The highest BCUT2D eigenvalue weighted by Crippen LogP contribution is 2.30. The minimum Gasteiger partial charge on any atom is -0.439 e. The standard InChI is InChI=1S/C14H16BrClN2O/c1-14(2,3)18-8-13-17-7-12(19-13)10-5-4-9(15)6-11(10)16/h4-7,18H,8H2,1-3H3. The molecule has 102 valence electrons. The van der Waals surface area contributed by atoms with Gasteiger partial charge in [-0.1, -0.05) is 27.5 Å². The second-order valence-corrected chi connectivity index (χ2v) is 6.67. The number of benzene rings is 1. The van der Waals surface area contributed by atoms with Gasteiger partial charge in [0.05, 0.1) is 17.8 Å². The number of halogens is 2. The molecule has 0 bridgehead atoms. The van der Waals surface area contributed by atoms with E-state index in [1.807, 2.05) is 18.2 Å². The maximum Gasteiger partial charge on any atom is 0.208 e. The molecule has 1 heterocycles. The van der Waals surface area contributed by atoms with E-state index in [9.17, 15) is 0 Å². The van der Waals surface area contributed by atoms with Crippen LogP contribution in [0.25, 0.3) is 11.3 Å². The lowest BCUT2D eigenvalue weighted by Gasteiger charge is -2.18. The van der Waals surface area contributed by atoms with E-state index in [0.29, 0.717) is 23.2 Å². The molecule has 0 fully saturated rings. The Hall–Kier alpha value is -0.840. The number of nitrogens with one attached hydrogen (secondary N) is 1. The zero-order valence-corrected chi connectivity index (χ0v) is 13.5. The summed E-state index contributed by atoms with van der Waals surface area (Å²) in [6, 6.07) is 5.68. The average molecular weight is 344 g/mol. The van der Waals surface area contributed by atoms with Crippen molar-refractivity contribution in [3.63, 3.8) is 0 Å². The van der Waals surface area contributed by atoms with Crippen molar-refractivity contribution in [3.8, 4) is 11.3 Å². The number of rotatable bonds is 3. The van der Waals surface area contributed by atoms with Gasteiger partial charge in [0.1, 0.15) is 0 Å². The van der Waals surface area contributed by atoms with Crippen molar-refractivity contribution < 1.29 is 4.42 Å². The Labute approximate surface area is 126 Å². The minimum atomic E-state index is 0.0316. The van der Waals surface area contributed by atoms with E-state index < -0.39 is 0 Å². The zero-order valence-electron chi connectivity index (χ0n) is 11.1. The van der Waals surface area contributed by atoms with Crippen LogP contribution in [0.1, 0.15) is 26.7 Å². The molecule has 0 unspecified atom stereocenters. The van der Waals surface area contributed by atoms with Gasteiger partial charge >= 0.3 is 0 Å². The Kier molecular flexibility index (Phi) is 4.33. The van der Waals surface area contributed by atoms with Gasteiger partial charge in [-0.3, -0.25) is 0 Å². The monoisotopic (exact) mass is 342 g/mol. The molecule has 0 atom stereocenters. The lowest BCUT2D eigenvalue weighted by atomic mass is 10.1. The summed E-state index contributed by atoms with van der Waals surface area (Å²) >= 11 is 9.57. The van der Waals surface area contributed by atoms with Crippen LogP contribution in [0.4, 0.5) is 0 Å². The van der Waals surface area contributed by atoms with Gasteiger partial charge in [0.15, 0.2) is 5.76 Å². The predicted molar refractivity (Wildman–Crippen MR) is 81.2 cm³/mol. The van der Waals surface area contributed by atoms with Crippen molar-refractivity contribution in [2.75, 3.05) is 0 Å². The summed E-state index contributed by atoms with van der Waals surface area (Å²) in [7, 11) is 0. The summed E-state index contributed by atoms with van der Waals surface area (Å²) in [5.74, 6) is 1.34. The summed E-state index contributed by atoms with van der Waals surface area (Å²) in [4.78, 5) is 4.26. The first-order valence-corrected chi connectivity index (χ1v) is 7.17. The highest BCUT2D eigenvalue weighted by Gasteiger charge is 2.13. The molecule has 3 nitrogen and oxygen atoms in total. The van der Waals surface area contributed by atoms with Crippen LogP contribution in [-0.4, -0.2) is 10.5 Å². The van der Waals surface area contributed by atoms with Crippen molar-refractivity contribution in [1.29, 1.82) is 0 Å². The Morgan fingerprint density at radius 3 is 2.74 bits per heavy atom. The highest BCUT2D eigenvalue weighted by molar-refractivity contribution is 9.10. The number of hydrogen-bond donors (Lipinski definition) is 1. The van der Waals surface area contributed by atoms with Gasteiger partial charge in [-0.15, -0.1) is 0 Å². The zero-order chi connectivity index (χ0) is 14.0. The third kappa shape index (κ3) is 4.06. The fraction of sp³-hybridized carbons (Fsp3) is 0.357. The molecule has 0 saturated carbocycles. The normalized spacial score (nSPS) is 11.8. The van der Waals surface area contributed by atoms with Crippen LogP contribution < -0.4 is 5.32 Å². The molecule has 1 N–H and O–H groups in total. The van der Waals surface area contributed by atoms with E-state index in [0.717, 1.165) is 10.0 Å². The Morgan fingerprint density at radius 2 is 2.11 bits per heavy atom. The third-order valence-corrected chi connectivity index (χ3v) is 3.33. The second kappa shape index (κ2) is 5.65. The van der Waals surface area contributed by atoms with Gasteiger partial charge in [-0.25, -0.2) is 4.98 Å². The largest absolute Gasteiger partial charge is 0.439 e. The molecular formula is C14H16BrClN2O. The average Bonchev–Trinajstić information content (AvgIpc) is 2.74. The molecule has 0 saturated heterocycles. The van der Waals surface area contributed by atoms with E-state index >= 15 is 0 Å². The van der Waals surface area contributed by atoms with Crippen LogP contribution in [0.5, 0.6) is 0 Å². The van der Waals surface area contributed by atoms with E-state index in [4.69, 9.17) is 16.0 Å². The van der Waals surface area contributed by atoms with E-state index in [1.165, 1.54) is 0 Å². The Balaban J connectivity index is 2.16. The first-order valence-electron chi connectivity index (χ1n) is 6.00. The summed E-state index contributed by atoms with van der Waals surface area (Å²) in [5, 5.41) is 3.97. The summed E-state index contributed by atoms with van der Waals surface area (Å²) < 4.78 is 6.65. The maximum atomic E-state index is 6.19. The third-order valence-electron chi connectivity index (χ3n) is 2.52. The van der Waals surface area contributed by atoms with E-state index in [-0.39, 0.29) is 5.54 Å². The quantitative estimate of drug-likeness (QED) is 0.882. The number of oxazole rings is 1. The molecule has 2 rings (SSSR count). The molecule has 0 radical (unpaired) electrons. The first kappa shape index (κ1) is 14.6. The van der Waals surface area contributed by atoms with Crippen molar-refractivity contribution in [1.82, 2.24) is 10.3 Å². The molecule has 1 aromatic heterocycles. The number of aromatic nitrogens is 1. The molecule has 0 aliphatic rings. The fourth-order valence-electron chi connectivity index (χ4n) is 1.55. The van der Waals surface area contributed by atoms with Gasteiger partial charge < -0.3 is 9.73 Å². The molecule has 19 heavy (non-hydrogen) atoms. The highest BCUT2D eigenvalue weighted by atomic mass is 79.9. The molecule has 0 spiro atoms. The smallest absolute Gasteiger partial charge is 0.208 e. The second-order valence-electron chi connectivity index (χ2n) is 5.35. The molecule has 5 heteroatoms. The van der Waals surface area contributed by atoms with Crippen molar-refractivity contribution >= 4 is 27.5 Å². The van der Waals surface area contributed by atoms with E-state index in [1.54, 1.807) is 6.20 Å². The van der Waals surface area contributed by atoms with Crippen molar-refractivity contribution in [2.45, 2.75) is 32.9 Å². The molecule has 0 aliphatic heterocycles. The molecular weight excluding hydrogens is 328 g/mol. The van der Waals surface area contributed by atoms with Crippen LogP contribution in [-0.2, 0) is 6.54 Å². The first-order chi connectivity index (χ1) is 8.85. The molecule has 2 aromatic rings. The lowest BCUT2D eigenvalue weighted by Crippen LogP contribution is -2.35. The van der Waals surface area contributed by atoms with Crippen molar-refractivity contribution in [3.05, 3.63) is 39.8 Å². The van der Waals surface area contributed by atoms with Gasteiger partial charge in [0.25, 0.3) is 0 Å². The molecule has 1 aromatic carbocycles. The van der Waals surface area contributed by atoms with Gasteiger partial charge in [-0.05, 0) is 39.0 Å². The topological polar surface area (TPSA) is 38.1 Å². The predicted octanol–water partition coefficient (Wildman–Crippen LogP) is 4.65. The lowest BCUT2D eigenvalue weighted by molar-refractivity contribution is 0.383. The summed E-state index contributed by atoms with van der Waals surface area (Å²) in [6.07, 6.45) is 1.70. The summed E-state index contributed by atoms with van der Waals surface area (Å²) in [5.41, 5.74) is 0.878. The number of hydrogen-bond acceptors (Lipinski definition) is 3. The van der Waals surface area contributed by atoms with Crippen LogP contribution in [0.3, 0.4) is 0 Å². The maximum absolute atomic E-state index is 6.19. The van der Waals surface area contributed by atoms with Crippen LogP contribution in [0.2, 0.25) is 5.02 Å². The van der Waals surface area contributed by atoms with Crippen LogP contribution >= 0.6 is 27.5 Å². The van der Waals surface area contributed by atoms with E-state index in [2.05, 4.69) is 47.0 Å². The SMILES string of the molecule is CC(C)(C)NCc1ncc(-c2ccc(Br)cc2Cl)o1.